The topological polar surface area (TPSA) is 76.1 Å². The van der Waals surface area contributed by atoms with Crippen LogP contribution in [0, 0.1) is 25.2 Å². The molecule has 27 heavy (non-hydrogen) atoms. The van der Waals surface area contributed by atoms with Crippen LogP contribution in [0.3, 0.4) is 0 Å². The molecule has 0 saturated carbocycles. The van der Waals surface area contributed by atoms with Gasteiger partial charge in [-0.05, 0) is 56.7 Å². The van der Waals surface area contributed by atoms with Crippen LogP contribution in [0.15, 0.2) is 34.7 Å². The normalized spacial score (nSPS) is 11.4. The molecule has 2 heterocycles. The Morgan fingerprint density at radius 1 is 1.30 bits per heavy atom. The van der Waals surface area contributed by atoms with E-state index >= 15 is 0 Å². The van der Waals surface area contributed by atoms with Crippen molar-refractivity contribution in [3.05, 3.63) is 63.7 Å². The molecule has 0 N–H and O–H groups in total. The zero-order valence-electron chi connectivity index (χ0n) is 15.2. The minimum atomic E-state index is -0.572. The summed E-state index contributed by atoms with van der Waals surface area (Å²) in [5.41, 5.74) is 3.80. The summed E-state index contributed by atoms with van der Waals surface area (Å²) in [5, 5.41) is 10.8. The number of hydrogen-bond donors (Lipinski definition) is 0. The zero-order valence-corrected chi connectivity index (χ0v) is 15.9. The lowest BCUT2D eigenvalue weighted by atomic mass is 10.0. The third-order valence-corrected chi connectivity index (χ3v) is 4.30. The fourth-order valence-corrected chi connectivity index (χ4v) is 3.05. The number of halogens is 1. The van der Waals surface area contributed by atoms with Crippen LogP contribution in [0.4, 0.5) is 0 Å². The van der Waals surface area contributed by atoms with Gasteiger partial charge in [0.1, 0.15) is 17.0 Å². The fraction of sp³-hybridized carbons (Fsp3) is 0.190. The first-order valence-corrected chi connectivity index (χ1v) is 8.77. The summed E-state index contributed by atoms with van der Waals surface area (Å²) in [4.78, 5) is 16.2. The first-order chi connectivity index (χ1) is 12.9. The average molecular weight is 381 g/mol. The van der Waals surface area contributed by atoms with Gasteiger partial charge >= 0.3 is 5.97 Å². The highest BCUT2D eigenvalue weighted by Gasteiger charge is 2.15. The van der Waals surface area contributed by atoms with E-state index in [2.05, 4.69) is 11.1 Å². The molecule has 0 amide bonds. The average Bonchev–Trinajstić information content (AvgIpc) is 3.11. The third kappa shape index (κ3) is 3.86. The largest absolute Gasteiger partial charge is 0.460 e. The molecule has 6 heteroatoms. The summed E-state index contributed by atoms with van der Waals surface area (Å²) < 4.78 is 10.4. The van der Waals surface area contributed by atoms with Crippen molar-refractivity contribution in [2.75, 3.05) is 6.61 Å². The van der Waals surface area contributed by atoms with Gasteiger partial charge in [0, 0.05) is 10.9 Å². The Labute approximate surface area is 161 Å². The van der Waals surface area contributed by atoms with E-state index in [1.165, 1.54) is 6.07 Å². The molecule has 3 rings (SSSR count). The number of aromatic nitrogens is 1. The van der Waals surface area contributed by atoms with Gasteiger partial charge in [0.25, 0.3) is 0 Å². The number of rotatable bonds is 4. The Morgan fingerprint density at radius 2 is 2.04 bits per heavy atom. The summed E-state index contributed by atoms with van der Waals surface area (Å²) in [6, 6.07) is 11.1. The van der Waals surface area contributed by atoms with Gasteiger partial charge in [-0.1, -0.05) is 23.2 Å². The van der Waals surface area contributed by atoms with E-state index in [4.69, 9.17) is 20.8 Å². The van der Waals surface area contributed by atoms with Crippen LogP contribution in [-0.4, -0.2) is 17.6 Å². The van der Waals surface area contributed by atoms with Crippen LogP contribution >= 0.6 is 11.6 Å². The standard InChI is InChI=1S/C21H17ClN2O3/c1-4-26-21(25)18-6-5-17(27-18)16(11-23)10-15-9-14-8-12(2)7-13(3)19(14)24-20(15)22/h5-10H,4H2,1-3H3. The van der Waals surface area contributed by atoms with Crippen molar-refractivity contribution >= 4 is 40.1 Å². The van der Waals surface area contributed by atoms with Gasteiger partial charge in [0.2, 0.25) is 5.76 Å². The molecule has 0 fully saturated rings. The van der Waals surface area contributed by atoms with Crippen LogP contribution in [0.2, 0.25) is 5.15 Å². The Hall–Kier alpha value is -3.10. The Morgan fingerprint density at radius 3 is 2.74 bits per heavy atom. The number of esters is 1. The van der Waals surface area contributed by atoms with Crippen molar-refractivity contribution in [1.29, 1.82) is 5.26 Å². The van der Waals surface area contributed by atoms with Gasteiger partial charge in [-0.2, -0.15) is 5.26 Å². The van der Waals surface area contributed by atoms with E-state index in [9.17, 15) is 10.1 Å². The van der Waals surface area contributed by atoms with Crippen molar-refractivity contribution in [1.82, 2.24) is 4.98 Å². The molecule has 0 atom stereocenters. The zero-order chi connectivity index (χ0) is 19.6. The maximum atomic E-state index is 11.7. The summed E-state index contributed by atoms with van der Waals surface area (Å²) in [6.07, 6.45) is 1.60. The van der Waals surface area contributed by atoms with E-state index in [0.29, 0.717) is 10.7 Å². The molecule has 3 aromatic rings. The maximum absolute atomic E-state index is 11.7. The van der Waals surface area contributed by atoms with Crippen molar-refractivity contribution in [3.63, 3.8) is 0 Å². The third-order valence-electron chi connectivity index (χ3n) is 4.00. The molecule has 0 aliphatic carbocycles. The molecule has 0 saturated heterocycles. The molecule has 0 unspecified atom stereocenters. The lowest BCUT2D eigenvalue weighted by Gasteiger charge is -2.07. The van der Waals surface area contributed by atoms with Gasteiger partial charge in [0.05, 0.1) is 17.7 Å². The van der Waals surface area contributed by atoms with E-state index in [1.54, 1.807) is 19.1 Å². The second kappa shape index (κ2) is 7.65. The first kappa shape index (κ1) is 18.7. The van der Waals surface area contributed by atoms with Crippen LogP contribution in [-0.2, 0) is 4.74 Å². The van der Waals surface area contributed by atoms with Crippen molar-refractivity contribution < 1.29 is 13.9 Å². The number of fused-ring (bicyclic) bond motifs is 1. The van der Waals surface area contributed by atoms with Crippen LogP contribution < -0.4 is 0 Å². The molecule has 0 spiro atoms. The van der Waals surface area contributed by atoms with Gasteiger partial charge in [-0.3, -0.25) is 0 Å². The number of ether oxygens (including phenoxy) is 1. The highest BCUT2D eigenvalue weighted by molar-refractivity contribution is 6.31. The Balaban J connectivity index is 2.05. The molecule has 0 bridgehead atoms. The van der Waals surface area contributed by atoms with Crippen molar-refractivity contribution in [2.24, 2.45) is 0 Å². The van der Waals surface area contributed by atoms with Gasteiger partial charge in [-0.15, -0.1) is 0 Å². The molecule has 1 aromatic carbocycles. The van der Waals surface area contributed by atoms with Crippen molar-refractivity contribution in [3.8, 4) is 6.07 Å². The van der Waals surface area contributed by atoms with E-state index in [0.717, 1.165) is 22.0 Å². The Kier molecular flexibility index (Phi) is 5.29. The number of pyridine rings is 1. The summed E-state index contributed by atoms with van der Waals surface area (Å²) >= 11 is 6.33. The smallest absolute Gasteiger partial charge is 0.374 e. The number of carbonyl (C=O) groups excluding carboxylic acids is 1. The number of hydrogen-bond acceptors (Lipinski definition) is 5. The molecular formula is C21H17ClN2O3. The number of aryl methyl sites for hydroxylation is 2. The van der Waals surface area contributed by atoms with Gasteiger partial charge in [0.15, 0.2) is 0 Å². The summed E-state index contributed by atoms with van der Waals surface area (Å²) in [7, 11) is 0. The number of allylic oxidation sites excluding steroid dienone is 1. The molecule has 0 aliphatic heterocycles. The lowest BCUT2D eigenvalue weighted by molar-refractivity contribution is 0.0489. The molecule has 5 nitrogen and oxygen atoms in total. The van der Waals surface area contributed by atoms with Crippen LogP contribution in [0.5, 0.6) is 0 Å². The SMILES string of the molecule is CCOC(=O)c1ccc(C(C#N)=Cc2cc3cc(C)cc(C)c3nc2Cl)o1. The van der Waals surface area contributed by atoms with Crippen LogP contribution in [0.1, 0.15) is 39.9 Å². The first-order valence-electron chi connectivity index (χ1n) is 8.39. The van der Waals surface area contributed by atoms with Crippen LogP contribution in [0.25, 0.3) is 22.6 Å². The number of nitriles is 1. The Bertz CT molecular complexity index is 1110. The maximum Gasteiger partial charge on any atom is 0.374 e. The number of benzene rings is 1. The van der Waals surface area contributed by atoms with Crippen molar-refractivity contribution in [2.45, 2.75) is 20.8 Å². The van der Waals surface area contributed by atoms with E-state index < -0.39 is 5.97 Å². The second-order valence-corrected chi connectivity index (χ2v) is 6.43. The van der Waals surface area contributed by atoms with Gasteiger partial charge in [-0.25, -0.2) is 9.78 Å². The highest BCUT2D eigenvalue weighted by atomic mass is 35.5. The van der Waals surface area contributed by atoms with E-state index in [-0.39, 0.29) is 23.7 Å². The highest BCUT2D eigenvalue weighted by Crippen LogP contribution is 2.28. The minimum Gasteiger partial charge on any atom is -0.460 e. The monoisotopic (exact) mass is 380 g/mol. The number of nitrogens with zero attached hydrogens (tertiary/aromatic N) is 2. The number of carbonyl (C=O) groups is 1. The summed E-state index contributed by atoms with van der Waals surface area (Å²) in [6.45, 7) is 5.94. The van der Waals surface area contributed by atoms with E-state index in [1.807, 2.05) is 32.0 Å². The fourth-order valence-electron chi connectivity index (χ4n) is 2.86. The molecule has 136 valence electrons. The molecular weight excluding hydrogens is 364 g/mol. The second-order valence-electron chi connectivity index (χ2n) is 6.08. The number of furan rings is 1. The lowest BCUT2D eigenvalue weighted by Crippen LogP contribution is -2.02. The molecule has 0 aliphatic rings. The predicted octanol–water partition coefficient (Wildman–Crippen LogP) is 5.34. The molecule has 0 radical (unpaired) electrons. The minimum absolute atomic E-state index is 0.0435. The van der Waals surface area contributed by atoms with Gasteiger partial charge < -0.3 is 9.15 Å². The molecule has 2 aromatic heterocycles. The predicted molar refractivity (Wildman–Crippen MR) is 104 cm³/mol. The summed E-state index contributed by atoms with van der Waals surface area (Å²) in [5.74, 6) is -0.267. The quantitative estimate of drug-likeness (QED) is 0.347.